The van der Waals surface area contributed by atoms with Gasteiger partial charge in [0.1, 0.15) is 6.42 Å². The molecule has 0 aromatic carbocycles. The fraction of sp³-hybridized carbons (Fsp3) is 0.750. The van der Waals surface area contributed by atoms with E-state index in [1.807, 2.05) is 0 Å². The molecule has 0 atom stereocenters. The van der Waals surface area contributed by atoms with Crippen LogP contribution < -0.4 is 29.6 Å². The van der Waals surface area contributed by atoms with Crippen LogP contribution in [0.1, 0.15) is 6.42 Å². The molecular weight excluding hydrogens is 221 g/mol. The van der Waals surface area contributed by atoms with Gasteiger partial charge >= 0.3 is 40.8 Å². The first-order valence-electron chi connectivity index (χ1n) is 2.61. The predicted molar refractivity (Wildman–Crippen MR) is 31.3 cm³/mol. The maximum Gasteiger partial charge on any atom is 1.00 e. The zero-order valence-corrected chi connectivity index (χ0v) is 9.73. The largest absolute Gasteiger partial charge is 1.00 e. The summed E-state index contributed by atoms with van der Waals surface area (Å²) in [4.78, 5) is 10.2. The summed E-state index contributed by atoms with van der Waals surface area (Å²) in [6.45, 7) is 0. The van der Waals surface area contributed by atoms with Crippen LogP contribution in [-0.2, 0) is 19.6 Å². The minimum atomic E-state index is -5.79. The van der Waals surface area contributed by atoms with Crippen molar-refractivity contribution >= 4 is 16.1 Å². The number of carbonyl (C=O) groups excluding carboxylic acids is 1. The van der Waals surface area contributed by atoms with Crippen molar-refractivity contribution in [2.45, 2.75) is 11.7 Å². The third-order valence-electron chi connectivity index (χ3n) is 0.944. The second kappa shape index (κ2) is 5.20. The van der Waals surface area contributed by atoms with Gasteiger partial charge in [-0.15, -0.1) is 0 Å². The van der Waals surface area contributed by atoms with E-state index in [1.54, 1.807) is 0 Å². The van der Waals surface area contributed by atoms with Gasteiger partial charge in [0.2, 0.25) is 0 Å². The van der Waals surface area contributed by atoms with E-state index in [0.717, 1.165) is 7.11 Å². The normalized spacial score (nSPS) is 11.7. The van der Waals surface area contributed by atoms with Gasteiger partial charge in [-0.3, -0.25) is 4.79 Å². The van der Waals surface area contributed by atoms with E-state index in [9.17, 15) is 26.5 Å². The molecule has 5 nitrogen and oxygen atoms in total. The molecule has 0 aromatic rings. The molecule has 0 aliphatic heterocycles. The van der Waals surface area contributed by atoms with Gasteiger partial charge in [0.25, 0.3) is 0 Å². The van der Waals surface area contributed by atoms with Crippen LogP contribution in [0.2, 0.25) is 0 Å². The van der Waals surface area contributed by atoms with Gasteiger partial charge < -0.3 is 9.29 Å². The Balaban J connectivity index is 0. The Kier molecular flexibility index (Phi) is 6.28. The molecule has 0 rings (SSSR count). The minimum absolute atomic E-state index is 0. The number of ether oxygens (including phenoxy) is 1. The molecule has 13 heavy (non-hydrogen) atoms. The van der Waals surface area contributed by atoms with Gasteiger partial charge in [-0.2, -0.15) is 8.78 Å². The summed E-state index contributed by atoms with van der Waals surface area (Å²) < 4.78 is 57.5. The summed E-state index contributed by atoms with van der Waals surface area (Å²) in [5.41, 5.74) is 0. The zero-order valence-electron chi connectivity index (χ0n) is 6.91. The van der Waals surface area contributed by atoms with Crippen LogP contribution in [-0.4, -0.2) is 31.3 Å². The summed E-state index contributed by atoms with van der Waals surface area (Å²) in [7, 11) is -4.99. The molecule has 72 valence electrons. The third kappa shape index (κ3) is 4.87. The van der Waals surface area contributed by atoms with Crippen LogP contribution in [0.15, 0.2) is 0 Å². The van der Waals surface area contributed by atoms with Gasteiger partial charge in [-0.05, 0) is 0 Å². The van der Waals surface area contributed by atoms with Crippen LogP contribution in [0.5, 0.6) is 0 Å². The first kappa shape index (κ1) is 15.7. The molecule has 0 saturated heterocycles. The average Bonchev–Trinajstić information content (AvgIpc) is 1.84. The van der Waals surface area contributed by atoms with Crippen molar-refractivity contribution in [1.82, 2.24) is 0 Å². The smallest absolute Gasteiger partial charge is 0.743 e. The summed E-state index contributed by atoms with van der Waals surface area (Å²) in [5, 5.41) is -4.60. The number of rotatable bonds is 3. The fourth-order valence-corrected chi connectivity index (χ4v) is 0.623. The monoisotopic (exact) mass is 226 g/mol. The Bertz CT molecular complexity index is 274. The van der Waals surface area contributed by atoms with Gasteiger partial charge in [-0.25, -0.2) is 8.42 Å². The molecule has 0 radical (unpaired) electrons. The molecular formula is C4H5F2NaO5S. The van der Waals surface area contributed by atoms with Crippen molar-refractivity contribution in [1.29, 1.82) is 0 Å². The van der Waals surface area contributed by atoms with Gasteiger partial charge in [0.15, 0.2) is 10.1 Å². The Morgan fingerprint density at radius 2 is 1.92 bits per heavy atom. The maximum absolute atomic E-state index is 12.2. The van der Waals surface area contributed by atoms with Crippen LogP contribution in [0, 0.1) is 0 Å². The van der Waals surface area contributed by atoms with E-state index in [0.29, 0.717) is 0 Å². The summed E-state index contributed by atoms with van der Waals surface area (Å²) >= 11 is 0. The van der Waals surface area contributed by atoms with E-state index in [-0.39, 0.29) is 29.6 Å². The quantitative estimate of drug-likeness (QED) is 0.286. The number of carbonyl (C=O) groups is 1. The van der Waals surface area contributed by atoms with Gasteiger partial charge in [-0.1, -0.05) is 0 Å². The van der Waals surface area contributed by atoms with Crippen molar-refractivity contribution in [2.75, 3.05) is 7.11 Å². The molecule has 0 aliphatic rings. The van der Waals surface area contributed by atoms with Crippen molar-refractivity contribution in [3.63, 3.8) is 0 Å². The standard InChI is InChI=1S/C4H6F2O5S.Na/c1-11-3(7)2-4(5,6)12(8,9)10;/h2H2,1H3,(H,8,9,10);/q;+1/p-1. The number of esters is 1. The van der Waals surface area contributed by atoms with Crippen LogP contribution in [0.3, 0.4) is 0 Å². The zero-order chi connectivity index (χ0) is 9.99. The van der Waals surface area contributed by atoms with Crippen LogP contribution in [0.4, 0.5) is 8.78 Å². The van der Waals surface area contributed by atoms with Crippen LogP contribution >= 0.6 is 0 Å². The molecule has 0 saturated carbocycles. The van der Waals surface area contributed by atoms with Crippen molar-refractivity contribution in [2.24, 2.45) is 0 Å². The third-order valence-corrected chi connectivity index (χ3v) is 1.82. The molecule has 9 heteroatoms. The Hall–Kier alpha value is 0.240. The van der Waals surface area contributed by atoms with E-state index in [4.69, 9.17) is 0 Å². The molecule has 0 fully saturated rings. The average molecular weight is 226 g/mol. The van der Waals surface area contributed by atoms with E-state index in [1.165, 1.54) is 0 Å². The molecule has 0 unspecified atom stereocenters. The van der Waals surface area contributed by atoms with Crippen molar-refractivity contribution < 1.29 is 60.8 Å². The molecule has 0 spiro atoms. The number of hydrogen-bond acceptors (Lipinski definition) is 5. The number of methoxy groups -OCH3 is 1. The minimum Gasteiger partial charge on any atom is -0.743 e. The predicted octanol–water partition coefficient (Wildman–Crippen LogP) is -3.31. The Morgan fingerprint density at radius 3 is 2.15 bits per heavy atom. The van der Waals surface area contributed by atoms with E-state index >= 15 is 0 Å². The molecule has 0 bridgehead atoms. The first-order chi connectivity index (χ1) is 5.20. The van der Waals surface area contributed by atoms with Crippen LogP contribution in [0.25, 0.3) is 0 Å². The van der Waals surface area contributed by atoms with Crippen molar-refractivity contribution in [3.05, 3.63) is 0 Å². The number of hydrogen-bond donors (Lipinski definition) is 0. The molecule has 0 heterocycles. The number of halogens is 2. The van der Waals surface area contributed by atoms with Gasteiger partial charge in [0, 0.05) is 0 Å². The summed E-state index contributed by atoms with van der Waals surface area (Å²) in [6, 6.07) is 0. The molecule has 0 aromatic heterocycles. The number of alkyl halides is 2. The van der Waals surface area contributed by atoms with Crippen molar-refractivity contribution in [3.8, 4) is 0 Å². The second-order valence-corrected chi connectivity index (χ2v) is 3.35. The second-order valence-electron chi connectivity index (χ2n) is 1.84. The van der Waals surface area contributed by atoms with Gasteiger partial charge in [0.05, 0.1) is 7.11 Å². The fourth-order valence-electron chi connectivity index (χ4n) is 0.329. The SMILES string of the molecule is COC(=O)CC(F)(F)S(=O)(=O)[O-].[Na+]. The van der Waals surface area contributed by atoms with E-state index < -0.39 is 27.8 Å². The summed E-state index contributed by atoms with van der Waals surface area (Å²) in [5.74, 6) is -1.46. The Morgan fingerprint density at radius 1 is 1.54 bits per heavy atom. The topological polar surface area (TPSA) is 83.5 Å². The maximum atomic E-state index is 12.2. The molecule has 0 amide bonds. The first-order valence-corrected chi connectivity index (χ1v) is 4.01. The Labute approximate surface area is 95.5 Å². The molecule has 0 N–H and O–H groups in total. The van der Waals surface area contributed by atoms with E-state index in [2.05, 4.69) is 4.74 Å². The summed E-state index contributed by atoms with van der Waals surface area (Å²) in [6.07, 6.45) is -1.75. The molecule has 0 aliphatic carbocycles.